The molecule has 0 aromatic heterocycles. The van der Waals surface area contributed by atoms with Crippen molar-refractivity contribution in [3.8, 4) is 0 Å². The van der Waals surface area contributed by atoms with Crippen molar-refractivity contribution in [3.05, 3.63) is 0 Å². The van der Waals surface area contributed by atoms with E-state index in [1.54, 1.807) is 0 Å². The predicted molar refractivity (Wildman–Crippen MR) is 75.5 cm³/mol. The molecule has 2 heteroatoms. The molecule has 0 radical (unpaired) electrons. The van der Waals surface area contributed by atoms with E-state index < -0.39 is 0 Å². The Balaban J connectivity index is 2.06. The lowest BCUT2D eigenvalue weighted by Crippen LogP contribution is -2.34. The highest BCUT2D eigenvalue weighted by Crippen LogP contribution is 2.66. The maximum Gasteiger partial charge on any atom is 0.142 e. The van der Waals surface area contributed by atoms with Crippen molar-refractivity contribution >= 4 is 5.78 Å². The van der Waals surface area contributed by atoms with Crippen LogP contribution >= 0.6 is 0 Å². The lowest BCUT2D eigenvalue weighted by Gasteiger charge is -2.32. The zero-order valence-electron chi connectivity index (χ0n) is 12.8. The van der Waals surface area contributed by atoms with E-state index in [1.165, 1.54) is 6.42 Å². The van der Waals surface area contributed by atoms with Crippen LogP contribution in [0.5, 0.6) is 0 Å². The number of hydrogen-bond donors (Lipinski definition) is 0. The van der Waals surface area contributed by atoms with Gasteiger partial charge in [0.1, 0.15) is 5.78 Å². The normalized spacial score (nSPS) is 37.8. The van der Waals surface area contributed by atoms with Gasteiger partial charge in [-0.15, -0.1) is 0 Å². The minimum absolute atomic E-state index is 0.0361. The van der Waals surface area contributed by atoms with Crippen molar-refractivity contribution in [1.82, 2.24) is 4.90 Å². The van der Waals surface area contributed by atoms with Crippen molar-refractivity contribution in [2.75, 3.05) is 19.6 Å². The van der Waals surface area contributed by atoms with Crippen LogP contribution in [-0.2, 0) is 4.79 Å². The SMILES string of the molecule is CCN(CC)CCC1C(=O)C2(C)CCC1C2(C)C. The van der Waals surface area contributed by atoms with Gasteiger partial charge < -0.3 is 4.90 Å². The number of carbonyl (C=O) groups is 1. The Bertz CT molecular complexity index is 332. The number of ketones is 1. The van der Waals surface area contributed by atoms with Gasteiger partial charge in [-0.25, -0.2) is 0 Å². The first-order valence-electron chi connectivity index (χ1n) is 7.65. The summed E-state index contributed by atoms with van der Waals surface area (Å²) in [5.74, 6) is 1.53. The van der Waals surface area contributed by atoms with Crippen LogP contribution < -0.4 is 0 Å². The van der Waals surface area contributed by atoms with Crippen LogP contribution in [0.3, 0.4) is 0 Å². The molecule has 0 spiro atoms. The zero-order chi connectivity index (χ0) is 13.6. The fourth-order valence-electron chi connectivity index (χ4n) is 4.47. The summed E-state index contributed by atoms with van der Waals surface area (Å²) in [5, 5.41) is 0. The highest BCUT2D eigenvalue weighted by molar-refractivity contribution is 5.91. The topological polar surface area (TPSA) is 20.3 Å². The first kappa shape index (κ1) is 14.0. The monoisotopic (exact) mass is 251 g/mol. The lowest BCUT2D eigenvalue weighted by molar-refractivity contribution is -0.131. The summed E-state index contributed by atoms with van der Waals surface area (Å²) >= 11 is 0. The fraction of sp³-hybridized carbons (Fsp3) is 0.938. The molecule has 18 heavy (non-hydrogen) atoms. The second-order valence-electron chi connectivity index (χ2n) is 6.99. The van der Waals surface area contributed by atoms with Crippen molar-refractivity contribution < 1.29 is 4.79 Å². The largest absolute Gasteiger partial charge is 0.304 e. The van der Waals surface area contributed by atoms with Crippen LogP contribution in [0.2, 0.25) is 0 Å². The summed E-state index contributed by atoms with van der Waals surface area (Å²) in [6, 6.07) is 0. The summed E-state index contributed by atoms with van der Waals surface area (Å²) in [5.41, 5.74) is 0.184. The number of carbonyl (C=O) groups excluding carboxylic acids is 1. The second-order valence-corrected chi connectivity index (χ2v) is 6.99. The van der Waals surface area contributed by atoms with Crippen LogP contribution in [0.1, 0.15) is 53.9 Å². The van der Waals surface area contributed by atoms with Gasteiger partial charge in [-0.3, -0.25) is 4.79 Å². The highest BCUT2D eigenvalue weighted by atomic mass is 16.1. The van der Waals surface area contributed by atoms with E-state index >= 15 is 0 Å². The third-order valence-electron chi connectivity index (χ3n) is 6.32. The van der Waals surface area contributed by atoms with Gasteiger partial charge in [0, 0.05) is 11.3 Å². The molecule has 0 amide bonds. The third kappa shape index (κ3) is 1.76. The molecule has 3 unspecified atom stereocenters. The van der Waals surface area contributed by atoms with E-state index in [9.17, 15) is 4.79 Å². The lowest BCUT2D eigenvalue weighted by atomic mass is 9.70. The molecule has 104 valence electrons. The summed E-state index contributed by atoms with van der Waals surface area (Å²) < 4.78 is 0. The number of nitrogens with zero attached hydrogens (tertiary/aromatic N) is 1. The van der Waals surface area contributed by atoms with Crippen LogP contribution in [0, 0.1) is 22.7 Å². The average molecular weight is 251 g/mol. The van der Waals surface area contributed by atoms with Crippen LogP contribution in [0.15, 0.2) is 0 Å². The molecule has 2 fully saturated rings. The standard InChI is InChI=1S/C16H29NO/c1-6-17(7-2)11-9-12-13-8-10-16(5,14(12)18)15(13,3)4/h12-13H,6-11H2,1-5H3. The summed E-state index contributed by atoms with van der Waals surface area (Å²) in [7, 11) is 0. The van der Waals surface area contributed by atoms with Crippen molar-refractivity contribution in [2.45, 2.75) is 53.9 Å². The Kier molecular flexibility index (Phi) is 3.61. The van der Waals surface area contributed by atoms with Crippen molar-refractivity contribution in [2.24, 2.45) is 22.7 Å². The minimum atomic E-state index is -0.0361. The van der Waals surface area contributed by atoms with E-state index in [1.807, 2.05) is 0 Å². The van der Waals surface area contributed by atoms with Gasteiger partial charge in [-0.2, -0.15) is 0 Å². The molecule has 2 saturated carbocycles. The van der Waals surface area contributed by atoms with Crippen LogP contribution in [-0.4, -0.2) is 30.3 Å². The number of Topliss-reactive ketones (excluding diaryl/α,β-unsaturated/α-hetero) is 1. The highest BCUT2D eigenvalue weighted by Gasteiger charge is 2.65. The summed E-state index contributed by atoms with van der Waals surface area (Å²) in [6.45, 7) is 14.6. The van der Waals surface area contributed by atoms with E-state index in [0.29, 0.717) is 17.6 Å². The molecule has 0 N–H and O–H groups in total. The maximum atomic E-state index is 12.7. The minimum Gasteiger partial charge on any atom is -0.304 e. The quantitative estimate of drug-likeness (QED) is 0.747. The van der Waals surface area contributed by atoms with Crippen LogP contribution in [0.4, 0.5) is 0 Å². The Morgan fingerprint density at radius 3 is 2.28 bits per heavy atom. The number of hydrogen-bond acceptors (Lipinski definition) is 2. The second kappa shape index (κ2) is 4.63. The van der Waals surface area contributed by atoms with E-state index in [4.69, 9.17) is 0 Å². The van der Waals surface area contributed by atoms with E-state index in [-0.39, 0.29) is 10.8 Å². The Morgan fingerprint density at radius 2 is 1.83 bits per heavy atom. The third-order valence-corrected chi connectivity index (χ3v) is 6.32. The summed E-state index contributed by atoms with van der Waals surface area (Å²) in [4.78, 5) is 15.1. The van der Waals surface area contributed by atoms with E-state index in [2.05, 4.69) is 39.5 Å². The Labute approximate surface area is 112 Å². The number of rotatable bonds is 5. The molecule has 2 aliphatic carbocycles. The molecule has 0 heterocycles. The van der Waals surface area contributed by atoms with Gasteiger partial charge in [0.2, 0.25) is 0 Å². The molecular formula is C16H29NO. The molecule has 0 aliphatic heterocycles. The maximum absolute atomic E-state index is 12.7. The zero-order valence-corrected chi connectivity index (χ0v) is 12.8. The van der Waals surface area contributed by atoms with Crippen LogP contribution in [0.25, 0.3) is 0 Å². The predicted octanol–water partition coefficient (Wildman–Crippen LogP) is 3.36. The number of fused-ring (bicyclic) bond motifs is 2. The van der Waals surface area contributed by atoms with Gasteiger partial charge in [-0.1, -0.05) is 34.6 Å². The first-order chi connectivity index (χ1) is 8.38. The van der Waals surface area contributed by atoms with Crippen molar-refractivity contribution in [1.29, 1.82) is 0 Å². The Morgan fingerprint density at radius 1 is 1.22 bits per heavy atom. The van der Waals surface area contributed by atoms with Gasteiger partial charge in [0.15, 0.2) is 0 Å². The molecule has 2 bridgehead atoms. The van der Waals surface area contributed by atoms with E-state index in [0.717, 1.165) is 32.5 Å². The first-order valence-corrected chi connectivity index (χ1v) is 7.65. The Hall–Kier alpha value is -0.370. The summed E-state index contributed by atoms with van der Waals surface area (Å²) in [6.07, 6.45) is 3.45. The molecule has 0 saturated heterocycles. The van der Waals surface area contributed by atoms with Gasteiger partial charge in [0.05, 0.1) is 0 Å². The van der Waals surface area contributed by atoms with Gasteiger partial charge >= 0.3 is 0 Å². The molecule has 3 atom stereocenters. The molecule has 2 nitrogen and oxygen atoms in total. The fourth-order valence-corrected chi connectivity index (χ4v) is 4.47. The molecular weight excluding hydrogens is 222 g/mol. The smallest absolute Gasteiger partial charge is 0.142 e. The van der Waals surface area contributed by atoms with Crippen molar-refractivity contribution in [3.63, 3.8) is 0 Å². The molecule has 2 aliphatic rings. The molecule has 0 aromatic carbocycles. The van der Waals surface area contributed by atoms with Gasteiger partial charge in [-0.05, 0) is 50.2 Å². The molecule has 0 aromatic rings. The molecule has 2 rings (SSSR count). The average Bonchev–Trinajstić information content (AvgIpc) is 2.64. The van der Waals surface area contributed by atoms with Gasteiger partial charge in [0.25, 0.3) is 0 Å².